The molecule has 1 aliphatic heterocycles. The molecule has 3 rings (SSSR count). The van der Waals surface area contributed by atoms with Gasteiger partial charge in [0.05, 0.1) is 7.11 Å². The molecule has 1 atom stereocenters. The molecule has 0 saturated carbocycles. The molecule has 2 amide bonds. The third-order valence-corrected chi connectivity index (χ3v) is 6.18. The summed E-state index contributed by atoms with van der Waals surface area (Å²) >= 11 is 0. The molecule has 2 aromatic rings. The molecule has 0 bridgehead atoms. The van der Waals surface area contributed by atoms with E-state index in [0.717, 1.165) is 36.3 Å². The van der Waals surface area contributed by atoms with E-state index in [4.69, 9.17) is 9.47 Å². The van der Waals surface area contributed by atoms with Crippen molar-refractivity contribution in [2.45, 2.75) is 38.1 Å². The van der Waals surface area contributed by atoms with Crippen LogP contribution < -0.4 is 15.4 Å². The first-order chi connectivity index (χ1) is 15.8. The molecular weight excluding hydrogens is 430 g/mol. The van der Waals surface area contributed by atoms with E-state index in [1.165, 1.54) is 6.07 Å². The fraction of sp³-hybridized carbons (Fsp3) is 0.440. The van der Waals surface area contributed by atoms with E-state index in [1.54, 1.807) is 21.0 Å². The van der Waals surface area contributed by atoms with E-state index < -0.39 is 35.1 Å². The summed E-state index contributed by atoms with van der Waals surface area (Å²) in [5, 5.41) is 5.46. The molecule has 1 unspecified atom stereocenters. The summed E-state index contributed by atoms with van der Waals surface area (Å²) in [6, 6.07) is 9.98. The molecule has 178 valence electrons. The lowest BCUT2D eigenvalue weighted by atomic mass is 9.74. The van der Waals surface area contributed by atoms with Gasteiger partial charge in [0, 0.05) is 25.2 Å². The maximum absolute atomic E-state index is 14.0. The van der Waals surface area contributed by atoms with Crippen LogP contribution in [0.3, 0.4) is 0 Å². The molecule has 1 aliphatic rings. The summed E-state index contributed by atoms with van der Waals surface area (Å²) < 4.78 is 38.8. The molecule has 0 aliphatic carbocycles. The Morgan fingerprint density at radius 1 is 1.06 bits per heavy atom. The van der Waals surface area contributed by atoms with E-state index in [-0.39, 0.29) is 11.3 Å². The normalized spacial score (nSPS) is 16.2. The van der Waals surface area contributed by atoms with Gasteiger partial charge in [0.1, 0.15) is 29.0 Å². The molecule has 1 heterocycles. The van der Waals surface area contributed by atoms with Crippen molar-refractivity contribution in [1.29, 1.82) is 0 Å². The fourth-order valence-corrected chi connectivity index (χ4v) is 4.10. The molecule has 8 heteroatoms. The molecule has 1 saturated heterocycles. The Labute approximate surface area is 192 Å². The minimum atomic E-state index is -0.976. The van der Waals surface area contributed by atoms with Crippen molar-refractivity contribution in [3.05, 3.63) is 65.2 Å². The monoisotopic (exact) mass is 460 g/mol. The van der Waals surface area contributed by atoms with E-state index in [1.807, 2.05) is 24.3 Å². The van der Waals surface area contributed by atoms with Gasteiger partial charge in [-0.1, -0.05) is 32.0 Å². The van der Waals surface area contributed by atoms with Gasteiger partial charge >= 0.3 is 0 Å². The Balaban J connectivity index is 1.75. The van der Waals surface area contributed by atoms with Crippen LogP contribution >= 0.6 is 0 Å². The van der Waals surface area contributed by atoms with E-state index in [9.17, 15) is 18.4 Å². The van der Waals surface area contributed by atoms with Crippen molar-refractivity contribution < 1.29 is 27.8 Å². The quantitative estimate of drug-likeness (QED) is 0.631. The maximum Gasteiger partial charge on any atom is 0.257 e. The largest absolute Gasteiger partial charge is 0.497 e. The van der Waals surface area contributed by atoms with Gasteiger partial charge in [0.15, 0.2) is 0 Å². The average Bonchev–Trinajstić information content (AvgIpc) is 2.81. The minimum absolute atomic E-state index is 0.296. The number of halogens is 2. The molecule has 0 radical (unpaired) electrons. The number of hydrogen-bond donors (Lipinski definition) is 2. The van der Waals surface area contributed by atoms with E-state index >= 15 is 0 Å². The first-order valence-corrected chi connectivity index (χ1v) is 11.0. The number of benzene rings is 2. The predicted octanol–water partition coefficient (Wildman–Crippen LogP) is 3.59. The lowest BCUT2D eigenvalue weighted by molar-refractivity contribution is -0.124. The van der Waals surface area contributed by atoms with Crippen LogP contribution in [0.2, 0.25) is 0 Å². The van der Waals surface area contributed by atoms with Crippen LogP contribution in [0, 0.1) is 17.6 Å². The average molecular weight is 461 g/mol. The zero-order valence-corrected chi connectivity index (χ0v) is 19.1. The second-order valence-electron chi connectivity index (χ2n) is 8.63. The molecule has 0 aromatic heterocycles. The summed E-state index contributed by atoms with van der Waals surface area (Å²) in [5.41, 5.74) is 0.0316. The topological polar surface area (TPSA) is 76.7 Å². The molecule has 0 spiro atoms. The van der Waals surface area contributed by atoms with Crippen LogP contribution in [0.4, 0.5) is 8.78 Å². The number of amides is 2. The first-order valence-electron chi connectivity index (χ1n) is 11.0. The standard InChI is InChI=1S/C25H30F2N2O4/c1-16(2)22(29-23(30)21-19(26)5-4-6-20(21)27)24(31)28-15-25(11-13-33-14-12-25)17-7-9-18(32-3)10-8-17/h4-10,16,22H,11-15H2,1-3H3,(H,28,31)(H,29,30). The SMILES string of the molecule is COc1ccc(C2(CNC(=O)C(NC(=O)c3c(F)cccc3F)C(C)C)CCOCC2)cc1. The molecular formula is C25H30F2N2O4. The van der Waals surface area contributed by atoms with Gasteiger partial charge in [-0.3, -0.25) is 9.59 Å². The second kappa shape index (κ2) is 10.7. The first kappa shape index (κ1) is 24.6. The summed E-state index contributed by atoms with van der Waals surface area (Å²) in [6.07, 6.45) is 1.44. The van der Waals surface area contributed by atoms with Crippen LogP contribution in [0.5, 0.6) is 5.75 Å². The number of hydrogen-bond acceptors (Lipinski definition) is 4. The van der Waals surface area contributed by atoms with Crippen molar-refractivity contribution >= 4 is 11.8 Å². The van der Waals surface area contributed by atoms with Gasteiger partial charge in [0.25, 0.3) is 5.91 Å². The number of methoxy groups -OCH3 is 1. The highest BCUT2D eigenvalue weighted by atomic mass is 19.1. The summed E-state index contributed by atoms with van der Waals surface area (Å²) in [7, 11) is 1.60. The van der Waals surface area contributed by atoms with E-state index in [0.29, 0.717) is 19.8 Å². The summed E-state index contributed by atoms with van der Waals surface area (Å²) in [4.78, 5) is 25.6. The number of carbonyl (C=O) groups excluding carboxylic acids is 2. The lowest BCUT2D eigenvalue weighted by Gasteiger charge is -2.38. The Morgan fingerprint density at radius 2 is 1.67 bits per heavy atom. The molecule has 1 fully saturated rings. The molecule has 2 N–H and O–H groups in total. The second-order valence-corrected chi connectivity index (χ2v) is 8.63. The van der Waals surface area contributed by atoms with Crippen LogP contribution in [0.1, 0.15) is 42.6 Å². The minimum Gasteiger partial charge on any atom is -0.497 e. The maximum atomic E-state index is 14.0. The highest BCUT2D eigenvalue weighted by Gasteiger charge is 2.36. The van der Waals surface area contributed by atoms with Crippen molar-refractivity contribution in [2.24, 2.45) is 5.92 Å². The number of carbonyl (C=O) groups is 2. The van der Waals surface area contributed by atoms with Crippen molar-refractivity contribution in [2.75, 3.05) is 26.9 Å². The van der Waals surface area contributed by atoms with Gasteiger partial charge in [0.2, 0.25) is 5.91 Å². The predicted molar refractivity (Wildman–Crippen MR) is 120 cm³/mol. The van der Waals surface area contributed by atoms with Crippen molar-refractivity contribution in [3.8, 4) is 5.75 Å². The van der Waals surface area contributed by atoms with E-state index in [2.05, 4.69) is 10.6 Å². The van der Waals surface area contributed by atoms with Gasteiger partial charge in [-0.05, 0) is 48.6 Å². The fourth-order valence-electron chi connectivity index (χ4n) is 4.10. The molecule has 6 nitrogen and oxygen atoms in total. The Bertz CT molecular complexity index is 953. The highest BCUT2D eigenvalue weighted by Crippen LogP contribution is 2.35. The van der Waals surface area contributed by atoms with Crippen molar-refractivity contribution in [1.82, 2.24) is 10.6 Å². The van der Waals surface area contributed by atoms with Gasteiger partial charge in [-0.2, -0.15) is 0 Å². The zero-order chi connectivity index (χ0) is 24.0. The zero-order valence-electron chi connectivity index (χ0n) is 19.1. The Morgan fingerprint density at radius 3 is 2.21 bits per heavy atom. The molecule has 2 aromatic carbocycles. The molecule has 33 heavy (non-hydrogen) atoms. The Hall–Kier alpha value is -3.00. The van der Waals surface area contributed by atoms with Crippen LogP contribution in [-0.2, 0) is 14.9 Å². The van der Waals surface area contributed by atoms with Gasteiger partial charge in [-0.15, -0.1) is 0 Å². The van der Waals surface area contributed by atoms with Crippen LogP contribution in [0.25, 0.3) is 0 Å². The summed E-state index contributed by atoms with van der Waals surface area (Å²) in [6.45, 7) is 5.00. The third kappa shape index (κ3) is 5.68. The summed E-state index contributed by atoms with van der Waals surface area (Å²) in [5.74, 6) is -2.87. The smallest absolute Gasteiger partial charge is 0.257 e. The van der Waals surface area contributed by atoms with Crippen molar-refractivity contribution in [3.63, 3.8) is 0 Å². The number of rotatable bonds is 8. The van der Waals surface area contributed by atoms with Crippen LogP contribution in [0.15, 0.2) is 42.5 Å². The third-order valence-electron chi connectivity index (χ3n) is 6.18. The number of ether oxygens (including phenoxy) is 2. The van der Waals surface area contributed by atoms with Crippen LogP contribution in [-0.4, -0.2) is 44.7 Å². The van der Waals surface area contributed by atoms with Gasteiger partial charge in [-0.25, -0.2) is 8.78 Å². The Kier molecular flexibility index (Phi) is 8.02. The highest BCUT2D eigenvalue weighted by molar-refractivity contribution is 5.98. The number of nitrogens with one attached hydrogen (secondary N) is 2. The lowest BCUT2D eigenvalue weighted by Crippen LogP contribution is -2.53. The van der Waals surface area contributed by atoms with Gasteiger partial charge < -0.3 is 20.1 Å².